The lowest BCUT2D eigenvalue weighted by atomic mass is 10.1. The zero-order chi connectivity index (χ0) is 22.9. The molecule has 2 amide bonds. The highest BCUT2D eigenvalue weighted by molar-refractivity contribution is 7.18. The van der Waals surface area contributed by atoms with Crippen LogP contribution in [0.2, 0.25) is 5.02 Å². The number of likely N-dealkylation sites (tertiary alicyclic amines) is 1. The van der Waals surface area contributed by atoms with E-state index in [0.717, 1.165) is 29.0 Å². The Morgan fingerprint density at radius 1 is 1.12 bits per heavy atom. The van der Waals surface area contributed by atoms with Crippen molar-refractivity contribution in [3.8, 4) is 10.6 Å². The lowest BCUT2D eigenvalue weighted by molar-refractivity contribution is -0.137. The third kappa shape index (κ3) is 4.76. The highest BCUT2D eigenvalue weighted by Gasteiger charge is 2.36. The van der Waals surface area contributed by atoms with E-state index in [-0.39, 0.29) is 17.2 Å². The van der Waals surface area contributed by atoms with Crippen LogP contribution in [-0.2, 0) is 11.0 Å². The van der Waals surface area contributed by atoms with E-state index in [1.165, 1.54) is 17.0 Å². The summed E-state index contributed by atoms with van der Waals surface area (Å²) in [7, 11) is 0. The van der Waals surface area contributed by atoms with Crippen molar-refractivity contribution < 1.29 is 22.8 Å². The molecule has 6 nitrogen and oxygen atoms in total. The summed E-state index contributed by atoms with van der Waals surface area (Å²) < 4.78 is 39.0. The fraction of sp³-hybridized carbons (Fsp3) is 0.238. The molecular weight excluding hydrogens is 465 g/mol. The molecule has 1 aromatic heterocycles. The van der Waals surface area contributed by atoms with Gasteiger partial charge in [-0.3, -0.25) is 14.9 Å². The SMILES string of the molecule is O=C(Nc1nnc(-c2ccc(Cl)cc2)s1)C1CCCN1C(=O)c1cccc(C(F)(F)F)c1. The number of nitrogens with one attached hydrogen (secondary N) is 1. The van der Waals surface area contributed by atoms with Gasteiger partial charge >= 0.3 is 6.18 Å². The van der Waals surface area contributed by atoms with Gasteiger partial charge in [-0.15, -0.1) is 10.2 Å². The maximum Gasteiger partial charge on any atom is 0.416 e. The third-order valence-electron chi connectivity index (χ3n) is 5.00. The van der Waals surface area contributed by atoms with Gasteiger partial charge in [0.1, 0.15) is 11.0 Å². The number of hydrogen-bond acceptors (Lipinski definition) is 5. The second-order valence-corrected chi connectivity index (χ2v) is 8.56. The molecule has 3 aromatic rings. The van der Waals surface area contributed by atoms with Crippen molar-refractivity contribution in [2.45, 2.75) is 25.1 Å². The first-order valence-corrected chi connectivity index (χ1v) is 10.8. The van der Waals surface area contributed by atoms with Crippen LogP contribution in [-0.4, -0.2) is 39.5 Å². The second kappa shape index (κ2) is 8.87. The van der Waals surface area contributed by atoms with Crippen LogP contribution in [0.4, 0.5) is 18.3 Å². The van der Waals surface area contributed by atoms with Crippen molar-refractivity contribution in [3.63, 3.8) is 0 Å². The standard InChI is InChI=1S/C21H16ClF3N4O2S/c22-15-8-6-12(7-9-15)18-27-28-20(32-18)26-17(30)16-5-2-10-29(16)19(31)13-3-1-4-14(11-13)21(23,24)25/h1,3-4,6-9,11,16H,2,5,10H2,(H,26,28,30). The quantitative estimate of drug-likeness (QED) is 0.562. The minimum atomic E-state index is -4.56. The minimum Gasteiger partial charge on any atom is -0.327 e. The van der Waals surface area contributed by atoms with Gasteiger partial charge in [-0.25, -0.2) is 0 Å². The predicted octanol–water partition coefficient (Wildman–Crippen LogP) is 5.12. The zero-order valence-electron chi connectivity index (χ0n) is 16.4. The number of nitrogens with zero attached hydrogens (tertiary/aromatic N) is 3. The van der Waals surface area contributed by atoms with Crippen LogP contribution in [0.5, 0.6) is 0 Å². The van der Waals surface area contributed by atoms with Gasteiger partial charge in [0.25, 0.3) is 5.91 Å². The minimum absolute atomic E-state index is 0.111. The van der Waals surface area contributed by atoms with Gasteiger partial charge in [0.15, 0.2) is 0 Å². The molecule has 11 heteroatoms. The van der Waals surface area contributed by atoms with E-state index in [2.05, 4.69) is 15.5 Å². The Labute approximate surface area is 190 Å². The first kappa shape index (κ1) is 22.2. The number of rotatable bonds is 4. The molecule has 1 atom stereocenters. The number of carbonyl (C=O) groups is 2. The summed E-state index contributed by atoms with van der Waals surface area (Å²) >= 11 is 7.05. The van der Waals surface area contributed by atoms with Gasteiger partial charge in [-0.1, -0.05) is 41.1 Å². The first-order valence-electron chi connectivity index (χ1n) is 9.61. The van der Waals surface area contributed by atoms with Crippen molar-refractivity contribution in [1.29, 1.82) is 0 Å². The van der Waals surface area contributed by atoms with E-state index >= 15 is 0 Å². The van der Waals surface area contributed by atoms with E-state index < -0.39 is 29.6 Å². The van der Waals surface area contributed by atoms with Gasteiger partial charge < -0.3 is 4.90 Å². The fourth-order valence-corrected chi connectivity index (χ4v) is 4.33. The number of alkyl halides is 3. The summed E-state index contributed by atoms with van der Waals surface area (Å²) in [6.07, 6.45) is -3.59. The molecule has 1 aliphatic heterocycles. The van der Waals surface area contributed by atoms with Crippen molar-refractivity contribution >= 4 is 39.9 Å². The Bertz CT molecular complexity index is 1150. The van der Waals surface area contributed by atoms with Crippen LogP contribution in [0.25, 0.3) is 10.6 Å². The number of carbonyl (C=O) groups excluding carboxylic acids is 2. The molecule has 2 aromatic carbocycles. The molecule has 32 heavy (non-hydrogen) atoms. The maximum absolute atomic E-state index is 13.0. The van der Waals surface area contributed by atoms with Crippen molar-refractivity contribution in [3.05, 3.63) is 64.7 Å². The number of hydrogen-bond donors (Lipinski definition) is 1. The van der Waals surface area contributed by atoms with Crippen LogP contribution in [0.3, 0.4) is 0 Å². The summed E-state index contributed by atoms with van der Waals surface area (Å²) in [4.78, 5) is 27.0. The van der Waals surface area contributed by atoms with Gasteiger partial charge in [0.2, 0.25) is 11.0 Å². The van der Waals surface area contributed by atoms with Crippen LogP contribution < -0.4 is 5.32 Å². The molecule has 0 bridgehead atoms. The molecule has 0 aliphatic carbocycles. The van der Waals surface area contributed by atoms with Gasteiger partial charge in [0, 0.05) is 22.7 Å². The summed E-state index contributed by atoms with van der Waals surface area (Å²) in [5.41, 5.74) is -0.234. The zero-order valence-corrected chi connectivity index (χ0v) is 18.0. The summed E-state index contributed by atoms with van der Waals surface area (Å²) in [6.45, 7) is 0.277. The molecular formula is C21H16ClF3N4O2S. The summed E-state index contributed by atoms with van der Waals surface area (Å²) in [6, 6.07) is 10.4. The van der Waals surface area contributed by atoms with Crippen molar-refractivity contribution in [1.82, 2.24) is 15.1 Å². The Kier molecular flexibility index (Phi) is 6.16. The third-order valence-corrected chi connectivity index (χ3v) is 6.14. The fourth-order valence-electron chi connectivity index (χ4n) is 3.45. The van der Waals surface area contributed by atoms with Crippen LogP contribution in [0.1, 0.15) is 28.8 Å². The lowest BCUT2D eigenvalue weighted by Crippen LogP contribution is -2.43. The van der Waals surface area contributed by atoms with Crippen molar-refractivity contribution in [2.24, 2.45) is 0 Å². The molecule has 0 radical (unpaired) electrons. The Hall–Kier alpha value is -2.98. The summed E-state index contributed by atoms with van der Waals surface area (Å²) in [5.74, 6) is -1.07. The molecule has 1 fully saturated rings. The monoisotopic (exact) mass is 480 g/mol. The molecule has 4 rings (SSSR count). The smallest absolute Gasteiger partial charge is 0.327 e. The average Bonchev–Trinajstić information content (AvgIpc) is 3.43. The summed E-state index contributed by atoms with van der Waals surface area (Å²) in [5, 5.41) is 12.1. The molecule has 1 unspecified atom stereocenters. The molecule has 1 N–H and O–H groups in total. The second-order valence-electron chi connectivity index (χ2n) is 7.14. The van der Waals surface area contributed by atoms with Crippen LogP contribution in [0.15, 0.2) is 48.5 Å². The predicted molar refractivity (Wildman–Crippen MR) is 114 cm³/mol. The van der Waals surface area contributed by atoms with Crippen LogP contribution >= 0.6 is 22.9 Å². The lowest BCUT2D eigenvalue weighted by Gasteiger charge is -2.24. The van der Waals surface area contributed by atoms with Gasteiger partial charge in [-0.2, -0.15) is 13.2 Å². The number of amides is 2. The molecule has 1 saturated heterocycles. The number of anilines is 1. The van der Waals surface area contributed by atoms with E-state index in [1.54, 1.807) is 24.3 Å². The number of halogens is 4. The number of benzene rings is 2. The van der Waals surface area contributed by atoms with E-state index in [1.807, 2.05) is 0 Å². The topological polar surface area (TPSA) is 75.2 Å². The molecule has 0 spiro atoms. The van der Waals surface area contributed by atoms with E-state index in [4.69, 9.17) is 11.6 Å². The Morgan fingerprint density at radius 3 is 2.59 bits per heavy atom. The number of aromatic nitrogens is 2. The van der Waals surface area contributed by atoms with E-state index in [9.17, 15) is 22.8 Å². The average molecular weight is 481 g/mol. The van der Waals surface area contributed by atoms with Crippen LogP contribution in [0, 0.1) is 0 Å². The highest BCUT2D eigenvalue weighted by Crippen LogP contribution is 2.31. The highest BCUT2D eigenvalue weighted by atomic mass is 35.5. The maximum atomic E-state index is 13.0. The Morgan fingerprint density at radius 2 is 1.88 bits per heavy atom. The van der Waals surface area contributed by atoms with E-state index in [0.29, 0.717) is 22.9 Å². The first-order chi connectivity index (χ1) is 15.2. The molecule has 1 aliphatic rings. The molecule has 2 heterocycles. The van der Waals surface area contributed by atoms with Crippen molar-refractivity contribution in [2.75, 3.05) is 11.9 Å². The normalized spacial score (nSPS) is 16.2. The molecule has 0 saturated carbocycles. The van der Waals surface area contributed by atoms with Gasteiger partial charge in [-0.05, 0) is 43.2 Å². The van der Waals surface area contributed by atoms with Gasteiger partial charge in [0.05, 0.1) is 5.56 Å². The largest absolute Gasteiger partial charge is 0.416 e. The molecule has 166 valence electrons. The Balaban J connectivity index is 1.47.